The second kappa shape index (κ2) is 10.4. The van der Waals surface area contributed by atoms with Crippen LogP contribution in [0.25, 0.3) is 0 Å². The van der Waals surface area contributed by atoms with Crippen molar-refractivity contribution in [2.24, 2.45) is 5.92 Å². The van der Waals surface area contributed by atoms with E-state index in [-0.39, 0.29) is 23.6 Å². The number of nitrogens with zero attached hydrogens (tertiary/aromatic N) is 2. The number of carbonyl (C=O) groups excluding carboxylic acids is 2. The Kier molecular flexibility index (Phi) is 7.69. The van der Waals surface area contributed by atoms with Crippen molar-refractivity contribution in [2.75, 3.05) is 11.1 Å². The fourth-order valence-electron chi connectivity index (χ4n) is 3.54. The molecule has 2 amide bonds. The van der Waals surface area contributed by atoms with Crippen LogP contribution in [0, 0.1) is 5.92 Å². The zero-order valence-corrected chi connectivity index (χ0v) is 17.8. The Morgan fingerprint density at radius 2 is 2.00 bits per heavy atom. The monoisotopic (exact) mass is 415 g/mol. The zero-order valence-electron chi connectivity index (χ0n) is 17.0. The van der Waals surface area contributed by atoms with Crippen LogP contribution in [-0.4, -0.2) is 38.8 Å². The van der Waals surface area contributed by atoms with Crippen LogP contribution in [-0.2, 0) is 11.2 Å². The van der Waals surface area contributed by atoms with Gasteiger partial charge in [-0.1, -0.05) is 49.6 Å². The molecule has 7 nitrogen and oxygen atoms in total. The number of aryl methyl sites for hydroxylation is 1. The van der Waals surface area contributed by atoms with E-state index in [0.717, 1.165) is 24.6 Å². The van der Waals surface area contributed by atoms with Gasteiger partial charge >= 0.3 is 0 Å². The second-order valence-corrected chi connectivity index (χ2v) is 8.71. The molecule has 1 fully saturated rings. The molecule has 0 saturated heterocycles. The molecule has 1 aliphatic rings. The molecule has 3 rings (SSSR count). The lowest BCUT2D eigenvalue weighted by atomic mass is 10.0. The summed E-state index contributed by atoms with van der Waals surface area (Å²) in [6, 6.07) is 7.02. The van der Waals surface area contributed by atoms with E-state index in [9.17, 15) is 9.59 Å². The van der Waals surface area contributed by atoms with Crippen molar-refractivity contribution in [3.8, 4) is 0 Å². The highest BCUT2D eigenvalue weighted by molar-refractivity contribution is 7.99. The molecule has 0 atom stereocenters. The van der Waals surface area contributed by atoms with Crippen LogP contribution in [0.2, 0.25) is 0 Å². The molecular weight excluding hydrogens is 386 g/mol. The van der Waals surface area contributed by atoms with Crippen LogP contribution in [0.15, 0.2) is 29.4 Å². The van der Waals surface area contributed by atoms with Crippen LogP contribution in [0.4, 0.5) is 5.69 Å². The summed E-state index contributed by atoms with van der Waals surface area (Å²) in [6.07, 6.45) is 7.40. The van der Waals surface area contributed by atoms with Crippen LogP contribution in [0.1, 0.15) is 62.1 Å². The van der Waals surface area contributed by atoms with Gasteiger partial charge in [0.1, 0.15) is 5.82 Å². The van der Waals surface area contributed by atoms with Gasteiger partial charge in [0.05, 0.1) is 17.0 Å². The summed E-state index contributed by atoms with van der Waals surface area (Å²) in [6.45, 7) is 3.79. The number of rotatable bonds is 9. The first kappa shape index (κ1) is 21.4. The molecule has 156 valence electrons. The molecule has 1 saturated carbocycles. The van der Waals surface area contributed by atoms with Gasteiger partial charge in [0.25, 0.3) is 5.91 Å². The van der Waals surface area contributed by atoms with E-state index in [1.807, 2.05) is 13.8 Å². The van der Waals surface area contributed by atoms with Crippen molar-refractivity contribution < 1.29 is 9.59 Å². The molecule has 0 aliphatic heterocycles. The van der Waals surface area contributed by atoms with Gasteiger partial charge in [-0.05, 0) is 38.3 Å². The minimum absolute atomic E-state index is 0.0235. The lowest BCUT2D eigenvalue weighted by Crippen LogP contribution is -2.31. The number of thioether (sulfide) groups is 1. The molecule has 0 unspecified atom stereocenters. The molecular formula is C21H29N5O2S. The number of para-hydroxylation sites is 1. The van der Waals surface area contributed by atoms with Crippen molar-refractivity contribution in [3.63, 3.8) is 0 Å². The van der Waals surface area contributed by atoms with Gasteiger partial charge in [-0.3, -0.25) is 14.7 Å². The maximum Gasteiger partial charge on any atom is 0.253 e. The third kappa shape index (κ3) is 6.59. The highest BCUT2D eigenvalue weighted by Crippen LogP contribution is 2.28. The van der Waals surface area contributed by atoms with Gasteiger partial charge in [-0.25, -0.2) is 4.98 Å². The van der Waals surface area contributed by atoms with Crippen LogP contribution >= 0.6 is 11.8 Å². The third-order valence-electron chi connectivity index (χ3n) is 4.97. The van der Waals surface area contributed by atoms with E-state index in [1.165, 1.54) is 37.4 Å². The predicted octanol–water partition coefficient (Wildman–Crippen LogP) is 3.80. The van der Waals surface area contributed by atoms with E-state index in [2.05, 4.69) is 25.8 Å². The summed E-state index contributed by atoms with van der Waals surface area (Å²) in [5.41, 5.74) is 0.954. The molecule has 8 heteroatoms. The van der Waals surface area contributed by atoms with Gasteiger partial charge in [0.15, 0.2) is 0 Å². The Labute approximate surface area is 175 Å². The number of hydrogen-bond acceptors (Lipinski definition) is 5. The normalized spacial score (nSPS) is 14.3. The molecule has 3 N–H and O–H groups in total. The number of hydrogen-bond donors (Lipinski definition) is 3. The van der Waals surface area contributed by atoms with Gasteiger partial charge in [-0.2, -0.15) is 0 Å². The van der Waals surface area contributed by atoms with Crippen molar-refractivity contribution in [1.29, 1.82) is 0 Å². The predicted molar refractivity (Wildman–Crippen MR) is 115 cm³/mol. The van der Waals surface area contributed by atoms with Crippen molar-refractivity contribution >= 4 is 29.3 Å². The molecule has 1 aromatic heterocycles. The highest BCUT2D eigenvalue weighted by Gasteiger charge is 2.17. The minimum Gasteiger partial charge on any atom is -0.350 e. The Bertz CT molecular complexity index is 830. The molecule has 0 radical (unpaired) electrons. The Hall–Kier alpha value is -2.35. The average Bonchev–Trinajstić information content (AvgIpc) is 3.36. The maximum atomic E-state index is 12.4. The first-order chi connectivity index (χ1) is 14.0. The maximum absolute atomic E-state index is 12.4. The Morgan fingerprint density at radius 1 is 1.24 bits per heavy atom. The molecule has 0 bridgehead atoms. The number of aromatic amines is 1. The van der Waals surface area contributed by atoms with Crippen LogP contribution < -0.4 is 10.6 Å². The van der Waals surface area contributed by atoms with Crippen LogP contribution in [0.3, 0.4) is 0 Å². The summed E-state index contributed by atoms with van der Waals surface area (Å²) >= 11 is 1.29. The van der Waals surface area contributed by atoms with Crippen molar-refractivity contribution in [1.82, 2.24) is 20.5 Å². The first-order valence-electron chi connectivity index (χ1n) is 10.2. The fraction of sp³-hybridized carbons (Fsp3) is 0.524. The Balaban J connectivity index is 1.48. The molecule has 1 heterocycles. The third-order valence-corrected chi connectivity index (χ3v) is 5.82. The summed E-state index contributed by atoms with van der Waals surface area (Å²) in [7, 11) is 0. The fourth-order valence-corrected chi connectivity index (χ4v) is 4.16. The average molecular weight is 416 g/mol. The summed E-state index contributed by atoms with van der Waals surface area (Å²) in [5.74, 6) is 1.48. The topological polar surface area (TPSA) is 99.8 Å². The number of nitrogens with one attached hydrogen (secondary N) is 3. The van der Waals surface area contributed by atoms with E-state index in [4.69, 9.17) is 0 Å². The molecule has 0 spiro atoms. The molecule has 1 aromatic carbocycles. The largest absolute Gasteiger partial charge is 0.350 e. The number of amides is 2. The van der Waals surface area contributed by atoms with E-state index in [1.54, 1.807) is 24.3 Å². The minimum atomic E-state index is -0.204. The molecule has 29 heavy (non-hydrogen) atoms. The zero-order chi connectivity index (χ0) is 20.6. The van der Waals surface area contributed by atoms with Gasteiger partial charge in [0, 0.05) is 12.5 Å². The SMILES string of the molecule is CC(C)NC(=O)c1ccccc1NC(=O)CSc1n[nH]c(CCC2CCCC2)n1. The lowest BCUT2D eigenvalue weighted by Gasteiger charge is -2.12. The number of aromatic nitrogens is 3. The van der Waals surface area contributed by atoms with Crippen molar-refractivity contribution in [2.45, 2.75) is 63.6 Å². The smallest absolute Gasteiger partial charge is 0.253 e. The lowest BCUT2D eigenvalue weighted by molar-refractivity contribution is -0.113. The summed E-state index contributed by atoms with van der Waals surface area (Å²) in [5, 5.41) is 13.4. The molecule has 2 aromatic rings. The molecule has 1 aliphatic carbocycles. The van der Waals surface area contributed by atoms with E-state index in [0.29, 0.717) is 16.4 Å². The number of anilines is 1. The second-order valence-electron chi connectivity index (χ2n) is 7.76. The highest BCUT2D eigenvalue weighted by atomic mass is 32.2. The number of H-pyrrole nitrogens is 1. The van der Waals surface area contributed by atoms with Crippen molar-refractivity contribution in [3.05, 3.63) is 35.7 Å². The van der Waals surface area contributed by atoms with Crippen LogP contribution in [0.5, 0.6) is 0 Å². The standard InChI is InChI=1S/C21H29N5O2S/c1-14(2)22-20(28)16-9-5-6-10-17(16)23-19(27)13-29-21-24-18(25-26-21)12-11-15-7-3-4-8-15/h5-6,9-10,14-15H,3-4,7-8,11-13H2,1-2H3,(H,22,28)(H,23,27)(H,24,25,26). The summed E-state index contributed by atoms with van der Waals surface area (Å²) in [4.78, 5) is 29.1. The number of benzene rings is 1. The van der Waals surface area contributed by atoms with E-state index >= 15 is 0 Å². The van der Waals surface area contributed by atoms with E-state index < -0.39 is 0 Å². The Morgan fingerprint density at radius 3 is 2.76 bits per heavy atom. The van der Waals surface area contributed by atoms with Gasteiger partial charge < -0.3 is 10.6 Å². The quantitative estimate of drug-likeness (QED) is 0.541. The first-order valence-corrected chi connectivity index (χ1v) is 11.2. The summed E-state index contributed by atoms with van der Waals surface area (Å²) < 4.78 is 0. The number of carbonyl (C=O) groups is 2. The van der Waals surface area contributed by atoms with Gasteiger partial charge in [-0.15, -0.1) is 5.10 Å². The van der Waals surface area contributed by atoms with Gasteiger partial charge in [0.2, 0.25) is 11.1 Å².